The van der Waals surface area contributed by atoms with E-state index in [2.05, 4.69) is 37.6 Å². The van der Waals surface area contributed by atoms with Crippen molar-refractivity contribution >= 4 is 33.3 Å². The van der Waals surface area contributed by atoms with Crippen LogP contribution >= 0.6 is 11.3 Å². The molecule has 0 aromatic carbocycles. The Kier molecular flexibility index (Phi) is 3.96. The van der Waals surface area contributed by atoms with Gasteiger partial charge in [-0.3, -0.25) is 0 Å². The summed E-state index contributed by atoms with van der Waals surface area (Å²) in [7, 11) is 2.24. The molecule has 2 fully saturated rings. The minimum Gasteiger partial charge on any atom is -0.368 e. The van der Waals surface area contributed by atoms with E-state index < -0.39 is 0 Å². The molecule has 2 aromatic rings. The molecule has 6 heteroatoms. The first kappa shape index (κ1) is 17.7. The lowest BCUT2D eigenvalue weighted by atomic mass is 9.72. The summed E-state index contributed by atoms with van der Waals surface area (Å²) in [6, 6.07) is 0. The number of hydrogen-bond acceptors (Lipinski definition) is 6. The number of hydrogen-bond donors (Lipinski definition) is 1. The molecule has 5 nitrogen and oxygen atoms in total. The summed E-state index contributed by atoms with van der Waals surface area (Å²) in [5.41, 5.74) is 9.12. The summed E-state index contributed by atoms with van der Waals surface area (Å²) in [4.78, 5) is 15.9. The SMILES string of the molecule is CN1CC2CN(c3nc(N)nc4c5c(sc34)CCC(C(C)(C)C)C5)C[C@H]2C1. The van der Waals surface area contributed by atoms with E-state index in [4.69, 9.17) is 15.7 Å². The molecule has 0 spiro atoms. The molecule has 0 radical (unpaired) electrons. The smallest absolute Gasteiger partial charge is 0.222 e. The standard InChI is InChI=1S/C21H31N5S/c1-21(2,3)14-5-6-16-15(7-14)17-18(27-16)19(24-20(22)23-17)26-10-12-8-25(4)9-13(12)11-26/h12-14H,5-11H2,1-4H3,(H2,22,23,24)/t12-,13?,14?/m1/s1. The maximum absolute atomic E-state index is 6.19. The van der Waals surface area contributed by atoms with Crippen molar-refractivity contribution < 1.29 is 0 Å². The Bertz CT molecular complexity index is 869. The van der Waals surface area contributed by atoms with Crippen molar-refractivity contribution in [3.8, 4) is 0 Å². The maximum atomic E-state index is 6.19. The second kappa shape index (κ2) is 6.05. The van der Waals surface area contributed by atoms with Gasteiger partial charge in [0.25, 0.3) is 0 Å². The predicted octanol–water partition coefficient (Wildman–Crippen LogP) is 3.42. The van der Waals surface area contributed by atoms with E-state index in [0.717, 1.165) is 42.7 Å². The van der Waals surface area contributed by atoms with Crippen LogP contribution in [0, 0.1) is 23.2 Å². The van der Waals surface area contributed by atoms with Crippen molar-refractivity contribution in [3.63, 3.8) is 0 Å². The predicted molar refractivity (Wildman–Crippen MR) is 113 cm³/mol. The Balaban J connectivity index is 1.53. The number of aryl methyl sites for hydroxylation is 1. The fourth-order valence-electron chi connectivity index (χ4n) is 5.49. The third-order valence-electron chi connectivity index (χ3n) is 7.08. The highest BCUT2D eigenvalue weighted by atomic mass is 32.1. The van der Waals surface area contributed by atoms with Crippen LogP contribution < -0.4 is 10.6 Å². The Morgan fingerprint density at radius 1 is 1.07 bits per heavy atom. The van der Waals surface area contributed by atoms with Crippen LogP contribution in [0.3, 0.4) is 0 Å². The second-order valence-electron chi connectivity index (χ2n) is 10.0. The second-order valence-corrected chi connectivity index (χ2v) is 11.1. The van der Waals surface area contributed by atoms with Crippen LogP contribution in [0.4, 0.5) is 11.8 Å². The lowest BCUT2D eigenvalue weighted by molar-refractivity contribution is 0.217. The lowest BCUT2D eigenvalue weighted by Crippen LogP contribution is -2.27. The molecule has 5 rings (SSSR count). The molecular formula is C21H31N5S. The molecule has 1 aliphatic carbocycles. The average molecular weight is 386 g/mol. The Labute approximate surface area is 166 Å². The zero-order valence-electron chi connectivity index (χ0n) is 17.0. The van der Waals surface area contributed by atoms with E-state index in [-0.39, 0.29) is 0 Å². The van der Waals surface area contributed by atoms with Gasteiger partial charge in [0.1, 0.15) is 0 Å². The molecule has 27 heavy (non-hydrogen) atoms. The van der Waals surface area contributed by atoms with Gasteiger partial charge in [-0.15, -0.1) is 11.3 Å². The van der Waals surface area contributed by atoms with Crippen molar-refractivity contribution in [2.75, 3.05) is 43.9 Å². The normalized spacial score (nSPS) is 28.7. The van der Waals surface area contributed by atoms with E-state index in [1.165, 1.54) is 41.1 Å². The van der Waals surface area contributed by atoms with Gasteiger partial charge in [-0.2, -0.15) is 4.98 Å². The first-order chi connectivity index (χ1) is 12.8. The first-order valence-electron chi connectivity index (χ1n) is 10.3. The summed E-state index contributed by atoms with van der Waals surface area (Å²) in [6.45, 7) is 11.7. The first-order valence-corrected chi connectivity index (χ1v) is 11.1. The highest BCUT2D eigenvalue weighted by molar-refractivity contribution is 7.19. The summed E-state index contributed by atoms with van der Waals surface area (Å²) >= 11 is 1.93. The molecule has 0 amide bonds. The number of nitrogens with two attached hydrogens (primary N) is 1. The number of likely N-dealkylation sites (tertiary alicyclic amines) is 1. The van der Waals surface area contributed by atoms with Gasteiger partial charge in [0.2, 0.25) is 5.95 Å². The fraction of sp³-hybridized carbons (Fsp3) is 0.714. The van der Waals surface area contributed by atoms with Gasteiger partial charge in [0, 0.05) is 31.1 Å². The third kappa shape index (κ3) is 2.92. The van der Waals surface area contributed by atoms with Gasteiger partial charge < -0.3 is 15.5 Å². The van der Waals surface area contributed by atoms with Crippen molar-refractivity contribution in [1.82, 2.24) is 14.9 Å². The van der Waals surface area contributed by atoms with Gasteiger partial charge >= 0.3 is 0 Å². The molecule has 4 heterocycles. The Morgan fingerprint density at radius 2 is 1.78 bits per heavy atom. The average Bonchev–Trinajstić information content (AvgIpc) is 3.23. The number of aromatic nitrogens is 2. The van der Waals surface area contributed by atoms with Crippen LogP contribution in [0.5, 0.6) is 0 Å². The van der Waals surface area contributed by atoms with Crippen LogP contribution in [-0.4, -0.2) is 48.1 Å². The number of nitrogen functional groups attached to an aromatic ring is 1. The van der Waals surface area contributed by atoms with Gasteiger partial charge in [0.15, 0.2) is 5.82 Å². The minimum absolute atomic E-state index is 0.339. The Morgan fingerprint density at radius 3 is 2.44 bits per heavy atom. The van der Waals surface area contributed by atoms with E-state index >= 15 is 0 Å². The van der Waals surface area contributed by atoms with Crippen molar-refractivity contribution in [1.29, 1.82) is 0 Å². The summed E-state index contributed by atoms with van der Waals surface area (Å²) in [5.74, 6) is 3.78. The summed E-state index contributed by atoms with van der Waals surface area (Å²) in [6.07, 6.45) is 3.58. The Hall–Kier alpha value is -1.40. The molecule has 3 atom stereocenters. The van der Waals surface area contributed by atoms with Crippen LogP contribution in [0.1, 0.15) is 37.6 Å². The molecular weight excluding hydrogens is 354 g/mol. The lowest BCUT2D eigenvalue weighted by Gasteiger charge is -2.33. The van der Waals surface area contributed by atoms with Crippen molar-refractivity contribution in [2.45, 2.75) is 40.0 Å². The molecule has 2 aliphatic heterocycles. The van der Waals surface area contributed by atoms with Gasteiger partial charge in [-0.25, -0.2) is 4.98 Å². The highest BCUT2D eigenvalue weighted by Crippen LogP contribution is 2.46. The number of anilines is 2. The van der Waals surface area contributed by atoms with Gasteiger partial charge in [-0.05, 0) is 55.0 Å². The van der Waals surface area contributed by atoms with Gasteiger partial charge in [0.05, 0.1) is 10.2 Å². The molecule has 2 saturated heterocycles. The number of fused-ring (bicyclic) bond motifs is 4. The minimum atomic E-state index is 0.339. The van der Waals surface area contributed by atoms with Crippen LogP contribution in [0.15, 0.2) is 0 Å². The van der Waals surface area contributed by atoms with E-state index in [9.17, 15) is 0 Å². The molecule has 2 N–H and O–H groups in total. The van der Waals surface area contributed by atoms with Crippen LogP contribution in [-0.2, 0) is 12.8 Å². The van der Waals surface area contributed by atoms with Gasteiger partial charge in [-0.1, -0.05) is 20.8 Å². The van der Waals surface area contributed by atoms with Crippen LogP contribution in [0.25, 0.3) is 10.2 Å². The van der Waals surface area contributed by atoms with E-state index in [1.807, 2.05) is 11.3 Å². The molecule has 146 valence electrons. The number of nitrogens with zero attached hydrogens (tertiary/aromatic N) is 4. The zero-order valence-corrected chi connectivity index (χ0v) is 17.8. The van der Waals surface area contributed by atoms with Crippen molar-refractivity contribution in [3.05, 3.63) is 10.4 Å². The highest BCUT2D eigenvalue weighted by Gasteiger charge is 2.40. The third-order valence-corrected chi connectivity index (χ3v) is 8.35. The zero-order chi connectivity index (χ0) is 18.9. The molecule has 2 aromatic heterocycles. The fourth-order valence-corrected chi connectivity index (χ4v) is 6.79. The molecule has 3 aliphatic rings. The monoisotopic (exact) mass is 385 g/mol. The topological polar surface area (TPSA) is 58.3 Å². The molecule has 2 unspecified atom stereocenters. The van der Waals surface area contributed by atoms with E-state index in [1.54, 1.807) is 0 Å². The van der Waals surface area contributed by atoms with Crippen LogP contribution in [0.2, 0.25) is 0 Å². The number of rotatable bonds is 1. The summed E-state index contributed by atoms with van der Waals surface area (Å²) < 4.78 is 1.28. The summed E-state index contributed by atoms with van der Waals surface area (Å²) in [5, 5.41) is 0. The molecule has 0 saturated carbocycles. The quantitative estimate of drug-likeness (QED) is 0.815. The maximum Gasteiger partial charge on any atom is 0.222 e. The largest absolute Gasteiger partial charge is 0.368 e. The van der Waals surface area contributed by atoms with E-state index in [0.29, 0.717) is 17.3 Å². The molecule has 0 bridgehead atoms. The van der Waals surface area contributed by atoms with Crippen molar-refractivity contribution in [2.24, 2.45) is 23.2 Å². The number of thiophene rings is 1.